The van der Waals surface area contributed by atoms with Gasteiger partial charge in [-0.15, -0.1) is 10.2 Å². The molecule has 3 aromatic rings. The standard InChI is InChI=1S/C20H20Cl2N4O3S/c1-3-26-18(11-29-16-7-5-4-6-14(16)22)24-25-20(26)30-12-19(27)23-15-10-13(21)8-9-17(15)28-2/h4-10H,3,11-12H2,1-2H3,(H,23,27). The Labute approximate surface area is 188 Å². The first kappa shape index (κ1) is 22.3. The molecular formula is C20H20Cl2N4O3S. The van der Waals surface area contributed by atoms with E-state index in [2.05, 4.69) is 15.5 Å². The van der Waals surface area contributed by atoms with Crippen LogP contribution in [-0.2, 0) is 17.9 Å². The van der Waals surface area contributed by atoms with Crippen LogP contribution in [0.15, 0.2) is 47.6 Å². The van der Waals surface area contributed by atoms with Gasteiger partial charge < -0.3 is 19.4 Å². The minimum atomic E-state index is -0.208. The molecule has 7 nitrogen and oxygen atoms in total. The highest BCUT2D eigenvalue weighted by molar-refractivity contribution is 7.99. The average Bonchev–Trinajstić information content (AvgIpc) is 3.13. The van der Waals surface area contributed by atoms with Crippen LogP contribution >= 0.6 is 35.0 Å². The molecule has 0 atom stereocenters. The molecule has 0 aliphatic rings. The van der Waals surface area contributed by atoms with E-state index in [1.807, 2.05) is 23.6 Å². The number of rotatable bonds is 9. The van der Waals surface area contributed by atoms with Gasteiger partial charge >= 0.3 is 0 Å². The summed E-state index contributed by atoms with van der Waals surface area (Å²) in [4.78, 5) is 12.4. The number of aromatic nitrogens is 3. The molecule has 2 aromatic carbocycles. The van der Waals surface area contributed by atoms with E-state index in [0.29, 0.717) is 44.8 Å². The first-order chi connectivity index (χ1) is 14.5. The van der Waals surface area contributed by atoms with Gasteiger partial charge in [0.05, 0.1) is 23.6 Å². The summed E-state index contributed by atoms with van der Waals surface area (Å²) < 4.78 is 12.9. The van der Waals surface area contributed by atoms with Crippen LogP contribution in [0, 0.1) is 0 Å². The third kappa shape index (κ3) is 5.59. The molecule has 3 rings (SSSR count). The number of hydrogen-bond donors (Lipinski definition) is 1. The molecule has 30 heavy (non-hydrogen) atoms. The number of carbonyl (C=O) groups is 1. The molecular weight excluding hydrogens is 447 g/mol. The van der Waals surface area contributed by atoms with Gasteiger partial charge in [-0.2, -0.15) is 0 Å². The van der Waals surface area contributed by atoms with Crippen molar-refractivity contribution >= 4 is 46.6 Å². The van der Waals surface area contributed by atoms with Gasteiger partial charge in [-0.1, -0.05) is 47.1 Å². The first-order valence-corrected chi connectivity index (χ1v) is 10.8. The molecule has 0 aliphatic carbocycles. The summed E-state index contributed by atoms with van der Waals surface area (Å²) in [5, 5.41) is 12.8. The van der Waals surface area contributed by atoms with Crippen molar-refractivity contribution in [2.75, 3.05) is 18.2 Å². The highest BCUT2D eigenvalue weighted by atomic mass is 35.5. The number of nitrogens with one attached hydrogen (secondary N) is 1. The second kappa shape index (κ2) is 10.6. The van der Waals surface area contributed by atoms with Crippen LogP contribution in [0.1, 0.15) is 12.7 Å². The summed E-state index contributed by atoms with van der Waals surface area (Å²) in [6.07, 6.45) is 0. The van der Waals surface area contributed by atoms with Crippen LogP contribution < -0.4 is 14.8 Å². The van der Waals surface area contributed by atoms with Gasteiger partial charge in [0, 0.05) is 11.6 Å². The second-order valence-electron chi connectivity index (χ2n) is 6.04. The lowest BCUT2D eigenvalue weighted by molar-refractivity contribution is -0.113. The number of ether oxygens (including phenoxy) is 2. The third-order valence-electron chi connectivity index (χ3n) is 4.07. The Hall–Kier alpha value is -2.42. The summed E-state index contributed by atoms with van der Waals surface area (Å²) in [6.45, 7) is 2.83. The highest BCUT2D eigenvalue weighted by Gasteiger charge is 2.15. The summed E-state index contributed by atoms with van der Waals surface area (Å²) >= 11 is 13.4. The molecule has 1 N–H and O–H groups in total. The number of nitrogens with zero attached hydrogens (tertiary/aromatic N) is 3. The van der Waals surface area contributed by atoms with Gasteiger partial charge in [0.25, 0.3) is 0 Å². The van der Waals surface area contributed by atoms with E-state index in [0.717, 1.165) is 0 Å². The Balaban J connectivity index is 1.61. The Bertz CT molecular complexity index is 1030. The number of halogens is 2. The molecule has 0 bridgehead atoms. The predicted octanol–water partition coefficient (Wildman–Crippen LogP) is 4.92. The van der Waals surface area contributed by atoms with E-state index in [-0.39, 0.29) is 18.3 Å². The smallest absolute Gasteiger partial charge is 0.234 e. The van der Waals surface area contributed by atoms with Crippen LogP contribution in [0.5, 0.6) is 11.5 Å². The first-order valence-electron chi connectivity index (χ1n) is 9.07. The van der Waals surface area contributed by atoms with Crippen LogP contribution in [0.4, 0.5) is 5.69 Å². The SMILES string of the molecule is CCn1c(COc2ccccc2Cl)nnc1SCC(=O)Nc1cc(Cl)ccc1OC. The van der Waals surface area contributed by atoms with Gasteiger partial charge in [0.2, 0.25) is 5.91 Å². The van der Waals surface area contributed by atoms with Gasteiger partial charge in [-0.25, -0.2) is 0 Å². The van der Waals surface area contributed by atoms with E-state index in [1.165, 1.54) is 18.9 Å². The Morgan fingerprint density at radius 2 is 1.97 bits per heavy atom. The Morgan fingerprint density at radius 1 is 1.17 bits per heavy atom. The normalized spacial score (nSPS) is 10.7. The number of amides is 1. The highest BCUT2D eigenvalue weighted by Crippen LogP contribution is 2.28. The van der Waals surface area contributed by atoms with Crippen LogP contribution in [0.2, 0.25) is 10.0 Å². The van der Waals surface area contributed by atoms with Crippen molar-refractivity contribution in [3.05, 3.63) is 58.3 Å². The Morgan fingerprint density at radius 3 is 2.70 bits per heavy atom. The number of carbonyl (C=O) groups excluding carboxylic acids is 1. The number of anilines is 1. The van der Waals surface area contributed by atoms with Gasteiger partial charge in [-0.05, 0) is 37.3 Å². The lowest BCUT2D eigenvalue weighted by Crippen LogP contribution is -2.15. The molecule has 158 valence electrons. The number of thioether (sulfide) groups is 1. The monoisotopic (exact) mass is 466 g/mol. The third-order valence-corrected chi connectivity index (χ3v) is 5.59. The maximum atomic E-state index is 12.4. The average molecular weight is 467 g/mol. The predicted molar refractivity (Wildman–Crippen MR) is 119 cm³/mol. The van der Waals surface area contributed by atoms with E-state index in [9.17, 15) is 4.79 Å². The van der Waals surface area contributed by atoms with Gasteiger partial charge in [0.15, 0.2) is 11.0 Å². The van der Waals surface area contributed by atoms with E-state index >= 15 is 0 Å². The molecule has 0 aliphatic heterocycles. The maximum absolute atomic E-state index is 12.4. The fourth-order valence-electron chi connectivity index (χ4n) is 2.65. The van der Waals surface area contributed by atoms with Crippen LogP contribution in [0.25, 0.3) is 0 Å². The van der Waals surface area contributed by atoms with Crippen molar-refractivity contribution in [1.82, 2.24) is 14.8 Å². The van der Waals surface area contributed by atoms with E-state index < -0.39 is 0 Å². The van der Waals surface area contributed by atoms with Gasteiger partial charge in [0.1, 0.15) is 18.1 Å². The Kier molecular flexibility index (Phi) is 7.84. The van der Waals surface area contributed by atoms with Gasteiger partial charge in [-0.3, -0.25) is 4.79 Å². The lowest BCUT2D eigenvalue weighted by Gasteiger charge is -2.11. The summed E-state index contributed by atoms with van der Waals surface area (Å²) in [5.74, 6) is 1.71. The molecule has 0 saturated heterocycles. The fraction of sp³-hybridized carbons (Fsp3) is 0.250. The molecule has 0 unspecified atom stereocenters. The summed E-state index contributed by atoms with van der Waals surface area (Å²) in [7, 11) is 1.53. The van der Waals surface area contributed by atoms with Crippen LogP contribution in [0.3, 0.4) is 0 Å². The molecule has 1 aromatic heterocycles. The minimum absolute atomic E-state index is 0.152. The number of benzene rings is 2. The van der Waals surface area contributed by atoms with Crippen molar-refractivity contribution in [1.29, 1.82) is 0 Å². The van der Waals surface area contributed by atoms with Crippen molar-refractivity contribution in [2.24, 2.45) is 0 Å². The van der Waals surface area contributed by atoms with E-state index in [4.69, 9.17) is 32.7 Å². The van der Waals surface area contributed by atoms with Crippen LogP contribution in [-0.4, -0.2) is 33.5 Å². The summed E-state index contributed by atoms with van der Waals surface area (Å²) in [6, 6.07) is 12.3. The quantitative estimate of drug-likeness (QED) is 0.450. The molecule has 0 saturated carbocycles. The molecule has 10 heteroatoms. The van der Waals surface area contributed by atoms with Crippen molar-refractivity contribution in [3.63, 3.8) is 0 Å². The fourth-order valence-corrected chi connectivity index (χ4v) is 3.83. The van der Waals surface area contributed by atoms with Crippen molar-refractivity contribution < 1.29 is 14.3 Å². The molecule has 1 heterocycles. The van der Waals surface area contributed by atoms with E-state index in [1.54, 1.807) is 30.3 Å². The van der Waals surface area contributed by atoms with Crippen molar-refractivity contribution in [3.8, 4) is 11.5 Å². The largest absolute Gasteiger partial charge is 0.495 e. The minimum Gasteiger partial charge on any atom is -0.495 e. The zero-order valence-electron chi connectivity index (χ0n) is 16.4. The molecule has 1 amide bonds. The number of hydrogen-bond acceptors (Lipinski definition) is 6. The maximum Gasteiger partial charge on any atom is 0.234 e. The summed E-state index contributed by atoms with van der Waals surface area (Å²) in [5.41, 5.74) is 0.515. The molecule has 0 spiro atoms. The lowest BCUT2D eigenvalue weighted by atomic mass is 10.3. The molecule has 0 radical (unpaired) electrons. The number of methoxy groups -OCH3 is 1. The molecule has 0 fully saturated rings. The second-order valence-corrected chi connectivity index (χ2v) is 7.83. The number of para-hydroxylation sites is 1. The zero-order chi connectivity index (χ0) is 21.5. The topological polar surface area (TPSA) is 78.3 Å². The zero-order valence-corrected chi connectivity index (χ0v) is 18.7. The van der Waals surface area contributed by atoms with Crippen molar-refractivity contribution in [2.45, 2.75) is 25.2 Å².